The largest absolute Gasteiger partial charge is 0.493 e. The molecule has 0 saturated heterocycles. The second-order valence-electron chi connectivity index (χ2n) is 5.37. The molecular weight excluding hydrogens is 349 g/mol. The second kappa shape index (κ2) is 8.28. The molecule has 0 aromatic heterocycles. The molecule has 0 aliphatic heterocycles. The number of nitrogens with one attached hydrogen (secondary N) is 1. The Balaban J connectivity index is 2.02. The van der Waals surface area contributed by atoms with Gasteiger partial charge in [-0.2, -0.15) is 0 Å². The molecule has 0 fully saturated rings. The predicted octanol–water partition coefficient (Wildman–Crippen LogP) is 2.00. The van der Waals surface area contributed by atoms with Crippen LogP contribution in [0.15, 0.2) is 42.5 Å². The smallest absolute Gasteiger partial charge is 0.215 e. The SMILES string of the molecule is COc1ccc(C(O)CNS(=O)(=O)Cc2cccc(F)c2)cc1OC. The Bertz CT molecular complexity index is 826. The van der Waals surface area contributed by atoms with Gasteiger partial charge in [0.25, 0.3) is 0 Å². The molecule has 6 nitrogen and oxygen atoms in total. The highest BCUT2D eigenvalue weighted by molar-refractivity contribution is 7.88. The zero-order chi connectivity index (χ0) is 18.4. The summed E-state index contributed by atoms with van der Waals surface area (Å²) in [7, 11) is -0.753. The van der Waals surface area contributed by atoms with Crippen molar-refractivity contribution >= 4 is 10.0 Å². The Hall–Kier alpha value is -2.16. The Labute approximate surface area is 146 Å². The minimum absolute atomic E-state index is 0.215. The summed E-state index contributed by atoms with van der Waals surface area (Å²) in [5.41, 5.74) is 0.805. The topological polar surface area (TPSA) is 84.9 Å². The summed E-state index contributed by atoms with van der Waals surface area (Å²) in [6.07, 6.45) is -1.07. The van der Waals surface area contributed by atoms with E-state index in [1.54, 1.807) is 18.2 Å². The van der Waals surface area contributed by atoms with Crippen molar-refractivity contribution in [3.05, 3.63) is 59.4 Å². The average molecular weight is 369 g/mol. The van der Waals surface area contributed by atoms with E-state index in [2.05, 4.69) is 4.72 Å². The third kappa shape index (κ3) is 5.42. The van der Waals surface area contributed by atoms with Crippen molar-refractivity contribution < 1.29 is 27.4 Å². The Morgan fingerprint density at radius 3 is 2.48 bits per heavy atom. The molecule has 2 aromatic rings. The fourth-order valence-corrected chi connectivity index (χ4v) is 3.41. The summed E-state index contributed by atoms with van der Waals surface area (Å²) < 4.78 is 49.9. The molecule has 0 heterocycles. The molecule has 0 aliphatic rings. The molecule has 8 heteroatoms. The molecule has 0 amide bonds. The maximum Gasteiger partial charge on any atom is 0.215 e. The van der Waals surface area contributed by atoms with E-state index >= 15 is 0 Å². The summed E-state index contributed by atoms with van der Waals surface area (Å²) in [5.74, 6) is 0.0634. The Morgan fingerprint density at radius 1 is 1.12 bits per heavy atom. The van der Waals surface area contributed by atoms with Crippen LogP contribution in [0.3, 0.4) is 0 Å². The molecule has 0 aliphatic carbocycles. The van der Waals surface area contributed by atoms with Gasteiger partial charge in [-0.05, 0) is 35.4 Å². The molecule has 0 bridgehead atoms. The number of benzene rings is 2. The number of hydrogen-bond donors (Lipinski definition) is 2. The average Bonchev–Trinajstić information content (AvgIpc) is 2.58. The van der Waals surface area contributed by atoms with Gasteiger partial charge in [-0.3, -0.25) is 0 Å². The van der Waals surface area contributed by atoms with Gasteiger partial charge in [0.05, 0.1) is 26.1 Å². The first kappa shape index (κ1) is 19.2. The van der Waals surface area contributed by atoms with Crippen LogP contribution in [0.1, 0.15) is 17.2 Å². The van der Waals surface area contributed by atoms with Crippen molar-refractivity contribution in [1.29, 1.82) is 0 Å². The summed E-state index contributed by atoms with van der Waals surface area (Å²) >= 11 is 0. The van der Waals surface area contributed by atoms with Crippen molar-refractivity contribution in [2.75, 3.05) is 20.8 Å². The zero-order valence-electron chi connectivity index (χ0n) is 13.9. The molecular formula is C17H20FNO5S. The van der Waals surface area contributed by atoms with Gasteiger partial charge in [0, 0.05) is 6.54 Å². The molecule has 2 rings (SSSR count). The molecule has 0 radical (unpaired) electrons. The van der Waals surface area contributed by atoms with Crippen LogP contribution in [0.4, 0.5) is 4.39 Å². The van der Waals surface area contributed by atoms with Gasteiger partial charge in [-0.15, -0.1) is 0 Å². The fraction of sp³-hybridized carbons (Fsp3) is 0.294. The number of aliphatic hydroxyl groups is 1. The summed E-state index contributed by atoms with van der Waals surface area (Å²) in [4.78, 5) is 0. The first-order valence-corrected chi connectivity index (χ1v) is 9.11. The summed E-state index contributed by atoms with van der Waals surface area (Å²) in [5, 5.41) is 10.2. The molecule has 0 spiro atoms. The number of ether oxygens (including phenoxy) is 2. The minimum Gasteiger partial charge on any atom is -0.493 e. The lowest BCUT2D eigenvalue weighted by Crippen LogP contribution is -2.29. The molecule has 2 aromatic carbocycles. The van der Waals surface area contributed by atoms with Gasteiger partial charge in [0.2, 0.25) is 10.0 Å². The van der Waals surface area contributed by atoms with E-state index in [4.69, 9.17) is 9.47 Å². The van der Waals surface area contributed by atoms with Gasteiger partial charge in [0.15, 0.2) is 11.5 Å². The first-order valence-electron chi connectivity index (χ1n) is 7.46. The van der Waals surface area contributed by atoms with Gasteiger partial charge < -0.3 is 14.6 Å². The maximum atomic E-state index is 13.1. The van der Waals surface area contributed by atoms with E-state index in [9.17, 15) is 17.9 Å². The van der Waals surface area contributed by atoms with Crippen molar-refractivity contribution in [3.8, 4) is 11.5 Å². The molecule has 1 unspecified atom stereocenters. The van der Waals surface area contributed by atoms with Crippen molar-refractivity contribution in [1.82, 2.24) is 4.72 Å². The predicted molar refractivity (Wildman–Crippen MR) is 91.5 cm³/mol. The number of sulfonamides is 1. The van der Waals surface area contributed by atoms with Crippen LogP contribution in [0, 0.1) is 5.82 Å². The third-order valence-corrected chi connectivity index (χ3v) is 4.85. The highest BCUT2D eigenvalue weighted by atomic mass is 32.2. The summed E-state index contributed by atoms with van der Waals surface area (Å²) in [6, 6.07) is 10.2. The molecule has 1 atom stereocenters. The van der Waals surface area contributed by atoms with Gasteiger partial charge in [-0.25, -0.2) is 17.5 Å². The number of halogens is 1. The quantitative estimate of drug-likeness (QED) is 0.743. The van der Waals surface area contributed by atoms with E-state index in [-0.39, 0.29) is 12.3 Å². The van der Waals surface area contributed by atoms with Crippen molar-refractivity contribution in [2.45, 2.75) is 11.9 Å². The van der Waals surface area contributed by atoms with E-state index in [0.29, 0.717) is 22.6 Å². The minimum atomic E-state index is -3.72. The lowest BCUT2D eigenvalue weighted by molar-refractivity contribution is 0.181. The molecule has 0 saturated carbocycles. The van der Waals surface area contributed by atoms with Gasteiger partial charge in [-0.1, -0.05) is 18.2 Å². The lowest BCUT2D eigenvalue weighted by atomic mass is 10.1. The van der Waals surface area contributed by atoms with Gasteiger partial charge in [0.1, 0.15) is 5.82 Å². The highest BCUT2D eigenvalue weighted by Crippen LogP contribution is 2.29. The van der Waals surface area contributed by atoms with Gasteiger partial charge >= 0.3 is 0 Å². The Morgan fingerprint density at radius 2 is 1.84 bits per heavy atom. The monoisotopic (exact) mass is 369 g/mol. The molecule has 2 N–H and O–H groups in total. The van der Waals surface area contributed by atoms with Crippen molar-refractivity contribution in [2.24, 2.45) is 0 Å². The number of hydrogen-bond acceptors (Lipinski definition) is 5. The van der Waals surface area contributed by atoms with Crippen LogP contribution >= 0.6 is 0 Å². The number of aliphatic hydroxyl groups excluding tert-OH is 1. The van der Waals surface area contributed by atoms with E-state index in [1.165, 1.54) is 32.4 Å². The van der Waals surface area contributed by atoms with Crippen LogP contribution < -0.4 is 14.2 Å². The third-order valence-electron chi connectivity index (χ3n) is 3.53. The number of methoxy groups -OCH3 is 2. The van der Waals surface area contributed by atoms with E-state index in [0.717, 1.165) is 6.07 Å². The fourth-order valence-electron chi connectivity index (χ4n) is 2.28. The summed E-state index contributed by atoms with van der Waals surface area (Å²) in [6.45, 7) is -0.215. The van der Waals surface area contributed by atoms with Crippen molar-refractivity contribution in [3.63, 3.8) is 0 Å². The zero-order valence-corrected chi connectivity index (χ0v) is 14.7. The maximum absolute atomic E-state index is 13.1. The van der Waals surface area contributed by atoms with E-state index < -0.39 is 21.9 Å². The van der Waals surface area contributed by atoms with Crippen LogP contribution in [0.25, 0.3) is 0 Å². The molecule has 25 heavy (non-hydrogen) atoms. The highest BCUT2D eigenvalue weighted by Gasteiger charge is 2.17. The lowest BCUT2D eigenvalue weighted by Gasteiger charge is -2.15. The number of rotatable bonds is 8. The standard InChI is InChI=1S/C17H20FNO5S/c1-23-16-7-6-13(9-17(16)24-2)15(20)10-19-25(21,22)11-12-4-3-5-14(18)8-12/h3-9,15,19-20H,10-11H2,1-2H3. The van der Waals surface area contributed by atoms with Crippen LogP contribution in [0.5, 0.6) is 11.5 Å². The molecule has 136 valence electrons. The Kier molecular flexibility index (Phi) is 6.35. The van der Waals surface area contributed by atoms with Crippen LogP contribution in [-0.4, -0.2) is 34.3 Å². The second-order valence-corrected chi connectivity index (χ2v) is 7.17. The first-order chi connectivity index (χ1) is 11.8. The normalized spacial score (nSPS) is 12.6. The van der Waals surface area contributed by atoms with Crippen LogP contribution in [-0.2, 0) is 15.8 Å². The van der Waals surface area contributed by atoms with E-state index in [1.807, 2.05) is 0 Å². The van der Waals surface area contributed by atoms with Crippen LogP contribution in [0.2, 0.25) is 0 Å².